The first-order valence-corrected chi connectivity index (χ1v) is 6.63. The lowest BCUT2D eigenvalue weighted by Crippen LogP contribution is -2.47. The molecule has 1 aromatic heterocycles. The van der Waals surface area contributed by atoms with Crippen molar-refractivity contribution in [1.29, 1.82) is 0 Å². The number of rotatable bonds is 7. The zero-order valence-corrected chi connectivity index (χ0v) is 12.0. The van der Waals surface area contributed by atoms with Gasteiger partial charge in [0.15, 0.2) is 0 Å². The maximum absolute atomic E-state index is 11.9. The lowest BCUT2D eigenvalue weighted by molar-refractivity contribution is 0.0480. The van der Waals surface area contributed by atoms with Crippen molar-refractivity contribution in [1.82, 2.24) is 19.8 Å². The van der Waals surface area contributed by atoms with Crippen LogP contribution in [0.15, 0.2) is 18.7 Å². The zero-order chi connectivity index (χ0) is 14.3. The molecule has 0 spiro atoms. The number of carbonyl (C=O) groups excluding carboxylic acids is 1. The van der Waals surface area contributed by atoms with Crippen molar-refractivity contribution in [3.8, 4) is 0 Å². The van der Waals surface area contributed by atoms with Crippen molar-refractivity contribution in [2.24, 2.45) is 0 Å². The predicted octanol–water partition coefficient (Wildman–Crippen LogP) is 1.08. The molecule has 1 aromatic rings. The second-order valence-electron chi connectivity index (χ2n) is 5.21. The molecule has 0 aliphatic heterocycles. The van der Waals surface area contributed by atoms with Gasteiger partial charge >= 0.3 is 6.03 Å². The van der Waals surface area contributed by atoms with Gasteiger partial charge < -0.3 is 19.9 Å². The van der Waals surface area contributed by atoms with Gasteiger partial charge in [-0.25, -0.2) is 9.78 Å². The average Bonchev–Trinajstić information content (AvgIpc) is 2.83. The topological polar surface area (TPSA) is 70.4 Å². The maximum Gasteiger partial charge on any atom is 0.317 e. The molecule has 0 saturated carbocycles. The minimum atomic E-state index is -0.871. The first-order valence-electron chi connectivity index (χ1n) is 6.63. The molecule has 6 heteroatoms. The van der Waals surface area contributed by atoms with Gasteiger partial charge in [0, 0.05) is 32.0 Å². The summed E-state index contributed by atoms with van der Waals surface area (Å²) >= 11 is 0. The average molecular weight is 268 g/mol. The van der Waals surface area contributed by atoms with Gasteiger partial charge in [0.1, 0.15) is 0 Å². The number of urea groups is 1. The Hall–Kier alpha value is -1.56. The number of imidazole rings is 1. The minimum absolute atomic E-state index is 0.129. The summed E-state index contributed by atoms with van der Waals surface area (Å²) in [7, 11) is 0. The summed E-state index contributed by atoms with van der Waals surface area (Å²) in [6.45, 7) is 7.65. The van der Waals surface area contributed by atoms with Gasteiger partial charge in [-0.1, -0.05) is 0 Å². The number of aliphatic hydroxyl groups is 1. The molecule has 0 aromatic carbocycles. The molecule has 2 N–H and O–H groups in total. The highest BCUT2D eigenvalue weighted by molar-refractivity contribution is 5.74. The second-order valence-corrected chi connectivity index (χ2v) is 5.21. The van der Waals surface area contributed by atoms with E-state index < -0.39 is 5.60 Å². The Morgan fingerprint density at radius 3 is 2.79 bits per heavy atom. The third-order valence-corrected chi connectivity index (χ3v) is 2.68. The van der Waals surface area contributed by atoms with Crippen molar-refractivity contribution in [2.75, 3.05) is 19.6 Å². The zero-order valence-electron chi connectivity index (χ0n) is 12.0. The van der Waals surface area contributed by atoms with E-state index >= 15 is 0 Å². The van der Waals surface area contributed by atoms with Crippen molar-refractivity contribution < 1.29 is 9.90 Å². The summed E-state index contributed by atoms with van der Waals surface area (Å²) in [5.74, 6) is 0. The van der Waals surface area contributed by atoms with Crippen LogP contribution in [0.5, 0.6) is 0 Å². The Kier molecular flexibility index (Phi) is 5.82. The number of amides is 2. The van der Waals surface area contributed by atoms with Crippen LogP contribution in [0, 0.1) is 0 Å². The van der Waals surface area contributed by atoms with Crippen LogP contribution in [0.3, 0.4) is 0 Å². The summed E-state index contributed by atoms with van der Waals surface area (Å²) < 4.78 is 1.97. The molecule has 2 amide bonds. The first kappa shape index (κ1) is 15.5. The normalized spacial score (nSPS) is 11.4. The Balaban J connectivity index is 2.25. The molecule has 0 bridgehead atoms. The van der Waals surface area contributed by atoms with E-state index in [-0.39, 0.29) is 6.03 Å². The van der Waals surface area contributed by atoms with Crippen molar-refractivity contribution in [3.05, 3.63) is 18.7 Å². The van der Waals surface area contributed by atoms with Gasteiger partial charge in [0.25, 0.3) is 0 Å². The molecule has 108 valence electrons. The number of likely N-dealkylation sites (N-methyl/N-ethyl adjacent to an activating group) is 1. The molecule has 0 fully saturated rings. The molecule has 0 saturated heterocycles. The van der Waals surface area contributed by atoms with Crippen LogP contribution in [0.4, 0.5) is 4.79 Å². The van der Waals surface area contributed by atoms with Gasteiger partial charge in [-0.15, -0.1) is 0 Å². The van der Waals surface area contributed by atoms with E-state index in [2.05, 4.69) is 10.3 Å². The van der Waals surface area contributed by atoms with Crippen LogP contribution in [0.25, 0.3) is 0 Å². The van der Waals surface area contributed by atoms with E-state index in [1.807, 2.05) is 17.7 Å². The van der Waals surface area contributed by atoms with E-state index in [1.54, 1.807) is 31.3 Å². The Morgan fingerprint density at radius 1 is 1.53 bits per heavy atom. The molecule has 0 aliphatic rings. The molecule has 0 radical (unpaired) electrons. The van der Waals surface area contributed by atoms with E-state index in [4.69, 9.17) is 0 Å². The molecule has 1 heterocycles. The number of aryl methyl sites for hydroxylation is 1. The summed E-state index contributed by atoms with van der Waals surface area (Å²) in [6, 6.07) is -0.129. The molecule has 0 unspecified atom stereocenters. The highest BCUT2D eigenvalue weighted by Gasteiger charge is 2.20. The highest BCUT2D eigenvalue weighted by Crippen LogP contribution is 2.04. The monoisotopic (exact) mass is 268 g/mol. The smallest absolute Gasteiger partial charge is 0.317 e. The number of hydrogen-bond donors (Lipinski definition) is 2. The van der Waals surface area contributed by atoms with Gasteiger partial charge in [0.05, 0.1) is 18.5 Å². The molecule has 1 rings (SSSR count). The number of nitrogens with zero attached hydrogens (tertiary/aromatic N) is 3. The fourth-order valence-corrected chi connectivity index (χ4v) is 1.78. The molecular weight excluding hydrogens is 244 g/mol. The maximum atomic E-state index is 11.9. The standard InChI is InChI=1S/C13H24N4O2/c1-4-17(10-13(2,3)19)12(18)15-6-5-8-16-9-7-14-11-16/h7,9,11,19H,4-6,8,10H2,1-3H3,(H,15,18). The molecule has 0 aliphatic carbocycles. The van der Waals surface area contributed by atoms with E-state index in [0.717, 1.165) is 13.0 Å². The second kappa shape index (κ2) is 7.13. The highest BCUT2D eigenvalue weighted by atomic mass is 16.3. The van der Waals surface area contributed by atoms with Gasteiger partial charge in [-0.2, -0.15) is 0 Å². The molecule has 19 heavy (non-hydrogen) atoms. The quantitative estimate of drug-likeness (QED) is 0.727. The fourth-order valence-electron chi connectivity index (χ4n) is 1.78. The third kappa shape index (κ3) is 6.24. The van der Waals surface area contributed by atoms with E-state index in [1.165, 1.54) is 0 Å². The number of nitrogens with one attached hydrogen (secondary N) is 1. The predicted molar refractivity (Wildman–Crippen MR) is 73.8 cm³/mol. The van der Waals surface area contributed by atoms with E-state index in [0.29, 0.717) is 19.6 Å². The first-order chi connectivity index (χ1) is 8.92. The van der Waals surface area contributed by atoms with Gasteiger partial charge in [-0.05, 0) is 27.2 Å². The summed E-state index contributed by atoms with van der Waals surface area (Å²) in [5.41, 5.74) is -0.871. The molecule has 0 atom stereocenters. The Labute approximate surface area is 114 Å². The number of carbonyl (C=O) groups is 1. The van der Waals surface area contributed by atoms with Gasteiger partial charge in [0.2, 0.25) is 0 Å². The number of aromatic nitrogens is 2. The van der Waals surface area contributed by atoms with Crippen molar-refractivity contribution in [2.45, 2.75) is 39.3 Å². The van der Waals surface area contributed by atoms with E-state index in [9.17, 15) is 9.90 Å². The SMILES string of the molecule is CCN(CC(C)(C)O)C(=O)NCCCn1ccnc1. The fraction of sp³-hybridized carbons (Fsp3) is 0.692. The van der Waals surface area contributed by atoms with Crippen LogP contribution >= 0.6 is 0 Å². The Bertz CT molecular complexity index is 370. The summed E-state index contributed by atoms with van der Waals surface area (Å²) in [6.07, 6.45) is 6.24. The lowest BCUT2D eigenvalue weighted by atomic mass is 10.1. The molecule has 6 nitrogen and oxygen atoms in total. The Morgan fingerprint density at radius 2 is 2.26 bits per heavy atom. The largest absolute Gasteiger partial charge is 0.389 e. The summed E-state index contributed by atoms with van der Waals surface area (Å²) in [4.78, 5) is 17.5. The summed E-state index contributed by atoms with van der Waals surface area (Å²) in [5, 5.41) is 12.6. The van der Waals surface area contributed by atoms with Crippen LogP contribution in [-0.4, -0.2) is 50.8 Å². The van der Waals surface area contributed by atoms with Crippen LogP contribution in [-0.2, 0) is 6.54 Å². The van der Waals surface area contributed by atoms with Gasteiger partial charge in [-0.3, -0.25) is 0 Å². The van der Waals surface area contributed by atoms with Crippen LogP contribution in [0.1, 0.15) is 27.2 Å². The molecular formula is C13H24N4O2. The van der Waals surface area contributed by atoms with Crippen LogP contribution in [0.2, 0.25) is 0 Å². The minimum Gasteiger partial charge on any atom is -0.389 e. The van der Waals surface area contributed by atoms with Crippen molar-refractivity contribution in [3.63, 3.8) is 0 Å². The number of hydrogen-bond acceptors (Lipinski definition) is 3. The third-order valence-electron chi connectivity index (χ3n) is 2.68. The van der Waals surface area contributed by atoms with Crippen LogP contribution < -0.4 is 5.32 Å². The van der Waals surface area contributed by atoms with Crippen molar-refractivity contribution >= 4 is 6.03 Å². The lowest BCUT2D eigenvalue weighted by Gasteiger charge is -2.28.